The van der Waals surface area contributed by atoms with E-state index in [-0.39, 0.29) is 12.5 Å². The predicted molar refractivity (Wildman–Crippen MR) is 336 cm³/mol. The average Bonchev–Trinajstić information content (AvgIpc) is 3.41. The number of hydrogen-bond acceptors (Lipinski definition) is 3. The average molecular weight is 1050 g/mol. The van der Waals surface area contributed by atoms with Crippen molar-refractivity contribution in [1.82, 2.24) is 5.32 Å². The zero-order valence-corrected chi connectivity index (χ0v) is 51.1. The molecule has 4 nitrogen and oxygen atoms in total. The van der Waals surface area contributed by atoms with Crippen LogP contribution < -0.4 is 5.32 Å². The first kappa shape index (κ1) is 73.3. The number of hydrogen-bond donors (Lipinski definition) is 3. The maximum atomic E-state index is 12.5. The maximum absolute atomic E-state index is 12.5. The first-order valence-electron chi connectivity index (χ1n) is 34.3. The summed E-state index contributed by atoms with van der Waals surface area (Å²) in [6.45, 7) is 4.29. The highest BCUT2D eigenvalue weighted by molar-refractivity contribution is 5.76. The first-order valence-corrected chi connectivity index (χ1v) is 34.3. The molecule has 0 aliphatic rings. The monoisotopic (exact) mass is 1050 g/mol. The van der Waals surface area contributed by atoms with Gasteiger partial charge in [0, 0.05) is 6.42 Å². The summed E-state index contributed by atoms with van der Waals surface area (Å²) in [6.07, 6.45) is 93.1. The second-order valence-corrected chi connectivity index (χ2v) is 23.6. The van der Waals surface area contributed by atoms with E-state index in [0.717, 1.165) is 51.4 Å². The van der Waals surface area contributed by atoms with E-state index in [1.807, 2.05) is 0 Å². The van der Waals surface area contributed by atoms with Crippen LogP contribution in [0.3, 0.4) is 0 Å². The van der Waals surface area contributed by atoms with E-state index in [9.17, 15) is 15.0 Å². The molecule has 0 bridgehead atoms. The van der Waals surface area contributed by atoms with Gasteiger partial charge in [-0.3, -0.25) is 4.79 Å². The van der Waals surface area contributed by atoms with Gasteiger partial charge in [0.15, 0.2) is 0 Å². The first-order chi connectivity index (χ1) is 37.2. The molecule has 0 aliphatic heterocycles. The Labute approximate surface area is 471 Å². The van der Waals surface area contributed by atoms with Crippen LogP contribution in [0.15, 0.2) is 48.6 Å². The van der Waals surface area contributed by atoms with Gasteiger partial charge in [-0.25, -0.2) is 0 Å². The predicted octanol–water partition coefficient (Wildman–Crippen LogP) is 23.3. The zero-order valence-electron chi connectivity index (χ0n) is 51.1. The zero-order chi connectivity index (χ0) is 54.1. The molecule has 0 saturated carbocycles. The third-order valence-corrected chi connectivity index (χ3v) is 16.1. The SMILES string of the molecule is CC/C=C\C/C=C\C/C=C\C/C=C\CCCCCCCCCCCCCCCCCCCCCCCCCCCCCCC(=O)NC(CO)C(O)CCCCCCCCCCCCCCCCCCCCCCCC. The number of allylic oxidation sites excluding steroid dienone is 8. The fourth-order valence-electron chi connectivity index (χ4n) is 10.9. The second kappa shape index (κ2) is 66.6. The van der Waals surface area contributed by atoms with Crippen molar-refractivity contribution in [1.29, 1.82) is 0 Å². The number of aliphatic hydroxyl groups excluding tert-OH is 2. The Balaban J connectivity index is 3.36. The van der Waals surface area contributed by atoms with Crippen LogP contribution in [0, 0.1) is 0 Å². The van der Waals surface area contributed by atoms with E-state index in [4.69, 9.17) is 0 Å². The van der Waals surface area contributed by atoms with Gasteiger partial charge in [0.1, 0.15) is 0 Å². The highest BCUT2D eigenvalue weighted by Crippen LogP contribution is 2.19. The Bertz CT molecular complexity index is 1190. The quantitative estimate of drug-likeness (QED) is 0.0420. The van der Waals surface area contributed by atoms with E-state index < -0.39 is 12.1 Å². The molecule has 0 spiro atoms. The molecule has 4 heteroatoms. The van der Waals surface area contributed by atoms with E-state index in [2.05, 4.69) is 67.8 Å². The summed E-state index contributed by atoms with van der Waals surface area (Å²) in [7, 11) is 0. The minimum absolute atomic E-state index is 0.0225. The molecule has 0 aromatic carbocycles. The van der Waals surface area contributed by atoms with Crippen LogP contribution in [-0.4, -0.2) is 34.9 Å². The lowest BCUT2D eigenvalue weighted by Crippen LogP contribution is -2.45. The molecule has 0 saturated heterocycles. The molecule has 0 aromatic rings. The van der Waals surface area contributed by atoms with Crippen LogP contribution in [0.4, 0.5) is 0 Å². The fourth-order valence-corrected chi connectivity index (χ4v) is 10.9. The largest absolute Gasteiger partial charge is 0.394 e. The molecule has 0 rings (SSSR count). The smallest absolute Gasteiger partial charge is 0.220 e. The molecule has 442 valence electrons. The standard InChI is InChI=1S/C71H135NO3/c1-3-5-7-9-11-13-15-17-19-21-23-25-27-28-29-30-31-32-33-34-35-36-37-38-39-40-41-42-43-44-45-47-49-51-53-55-57-59-61-63-65-67-71(75)72-69(68-73)70(74)66-64-62-60-58-56-54-52-50-48-46-26-24-22-20-18-16-14-12-10-8-6-4-2/h5,7,11,13,17,19,23,25,69-70,73-74H,3-4,6,8-10,12,14-16,18,20-22,24,26-68H2,1-2H3,(H,72,75)/b7-5-,13-11-,19-17-,25-23-. The van der Waals surface area contributed by atoms with Crippen LogP contribution in [0.1, 0.15) is 380 Å². The summed E-state index contributed by atoms with van der Waals surface area (Å²) in [6, 6.07) is -0.535. The third kappa shape index (κ3) is 63.1. The second-order valence-electron chi connectivity index (χ2n) is 23.6. The summed E-state index contributed by atoms with van der Waals surface area (Å²) >= 11 is 0. The molecule has 3 N–H and O–H groups in total. The Morgan fingerprint density at radius 2 is 0.587 bits per heavy atom. The van der Waals surface area contributed by atoms with Crippen molar-refractivity contribution in [2.45, 2.75) is 392 Å². The van der Waals surface area contributed by atoms with Gasteiger partial charge in [-0.15, -0.1) is 0 Å². The van der Waals surface area contributed by atoms with Gasteiger partial charge < -0.3 is 15.5 Å². The van der Waals surface area contributed by atoms with E-state index in [1.165, 1.54) is 302 Å². The molecule has 2 unspecified atom stereocenters. The van der Waals surface area contributed by atoms with Crippen LogP contribution in [0.2, 0.25) is 0 Å². The number of carbonyl (C=O) groups excluding carboxylic acids is 1. The lowest BCUT2D eigenvalue weighted by atomic mass is 10.0. The summed E-state index contributed by atoms with van der Waals surface area (Å²) in [5.74, 6) is -0.0225. The topological polar surface area (TPSA) is 69.6 Å². The van der Waals surface area contributed by atoms with Crippen molar-refractivity contribution >= 4 is 5.91 Å². The highest BCUT2D eigenvalue weighted by Gasteiger charge is 2.20. The van der Waals surface area contributed by atoms with Crippen LogP contribution >= 0.6 is 0 Å². The van der Waals surface area contributed by atoms with Crippen molar-refractivity contribution in [3.05, 3.63) is 48.6 Å². The maximum Gasteiger partial charge on any atom is 0.220 e. The number of carbonyl (C=O) groups is 1. The summed E-state index contributed by atoms with van der Waals surface area (Å²) < 4.78 is 0. The Morgan fingerprint density at radius 3 is 0.880 bits per heavy atom. The van der Waals surface area contributed by atoms with Crippen molar-refractivity contribution in [2.75, 3.05) is 6.61 Å². The van der Waals surface area contributed by atoms with Crippen LogP contribution in [0.25, 0.3) is 0 Å². The molecule has 0 heterocycles. The Hall–Kier alpha value is -1.65. The number of rotatable bonds is 64. The number of amides is 1. The lowest BCUT2D eigenvalue weighted by Gasteiger charge is -2.22. The summed E-state index contributed by atoms with van der Waals surface area (Å²) in [5.41, 5.74) is 0. The van der Waals surface area contributed by atoms with Crippen LogP contribution in [-0.2, 0) is 4.79 Å². The van der Waals surface area contributed by atoms with Crippen molar-refractivity contribution < 1.29 is 15.0 Å². The minimum Gasteiger partial charge on any atom is -0.394 e. The summed E-state index contributed by atoms with van der Waals surface area (Å²) in [5, 5.41) is 23.4. The Kier molecular flexibility index (Phi) is 65.2. The van der Waals surface area contributed by atoms with Gasteiger partial charge in [0.2, 0.25) is 5.91 Å². The van der Waals surface area contributed by atoms with Gasteiger partial charge in [-0.05, 0) is 51.4 Å². The Morgan fingerprint density at radius 1 is 0.333 bits per heavy atom. The normalized spacial score (nSPS) is 13.0. The highest BCUT2D eigenvalue weighted by atomic mass is 16.3. The lowest BCUT2D eigenvalue weighted by molar-refractivity contribution is -0.123. The molecule has 0 fully saturated rings. The number of nitrogens with one attached hydrogen (secondary N) is 1. The molecule has 0 radical (unpaired) electrons. The van der Waals surface area contributed by atoms with E-state index in [1.54, 1.807) is 0 Å². The molecule has 1 amide bonds. The molecular weight excluding hydrogens is 915 g/mol. The van der Waals surface area contributed by atoms with Gasteiger partial charge in [0.05, 0.1) is 18.8 Å². The van der Waals surface area contributed by atoms with E-state index in [0.29, 0.717) is 12.8 Å². The van der Waals surface area contributed by atoms with Gasteiger partial charge in [0.25, 0.3) is 0 Å². The van der Waals surface area contributed by atoms with Gasteiger partial charge in [-0.2, -0.15) is 0 Å². The molecule has 75 heavy (non-hydrogen) atoms. The van der Waals surface area contributed by atoms with Crippen molar-refractivity contribution in [3.8, 4) is 0 Å². The van der Waals surface area contributed by atoms with Crippen molar-refractivity contribution in [2.24, 2.45) is 0 Å². The number of aliphatic hydroxyl groups is 2. The molecule has 0 aromatic heterocycles. The molecular formula is C71H135NO3. The third-order valence-electron chi connectivity index (χ3n) is 16.1. The molecule has 2 atom stereocenters. The molecule has 0 aliphatic carbocycles. The van der Waals surface area contributed by atoms with Crippen molar-refractivity contribution in [3.63, 3.8) is 0 Å². The van der Waals surface area contributed by atoms with Gasteiger partial charge >= 0.3 is 0 Å². The fraction of sp³-hybridized carbons (Fsp3) is 0.873. The minimum atomic E-state index is -0.659. The van der Waals surface area contributed by atoms with E-state index >= 15 is 0 Å². The van der Waals surface area contributed by atoms with Crippen LogP contribution in [0.5, 0.6) is 0 Å². The van der Waals surface area contributed by atoms with Gasteiger partial charge in [-0.1, -0.05) is 371 Å². The number of unbranched alkanes of at least 4 members (excludes halogenated alkanes) is 49. The summed E-state index contributed by atoms with van der Waals surface area (Å²) in [4.78, 5) is 12.5.